The second-order valence-electron chi connectivity index (χ2n) is 7.27. The Morgan fingerprint density at radius 3 is 2.65 bits per heavy atom. The van der Waals surface area contributed by atoms with Crippen LogP contribution in [-0.4, -0.2) is 26.5 Å². The zero-order chi connectivity index (χ0) is 22.3. The normalized spacial score (nSPS) is 14.8. The van der Waals surface area contributed by atoms with E-state index in [1.165, 1.54) is 16.8 Å². The van der Waals surface area contributed by atoms with Gasteiger partial charge in [0.05, 0.1) is 22.7 Å². The number of nitro benzene ring substituents is 1. The van der Waals surface area contributed by atoms with Crippen LogP contribution in [0, 0.1) is 24.0 Å². The largest absolute Gasteiger partial charge is 0.326 e. The predicted octanol–water partition coefficient (Wildman–Crippen LogP) is 4.25. The summed E-state index contributed by atoms with van der Waals surface area (Å²) >= 11 is 5.97. The van der Waals surface area contributed by atoms with Crippen LogP contribution in [0.3, 0.4) is 0 Å². The molecule has 0 saturated heterocycles. The van der Waals surface area contributed by atoms with Gasteiger partial charge in [-0.15, -0.1) is 0 Å². The highest BCUT2D eigenvalue weighted by atomic mass is 35.5. The Hall–Kier alpha value is -3.72. The fourth-order valence-corrected chi connectivity index (χ4v) is 3.71. The van der Waals surface area contributed by atoms with E-state index in [0.29, 0.717) is 27.8 Å². The lowest BCUT2D eigenvalue weighted by molar-refractivity contribution is -0.384. The van der Waals surface area contributed by atoms with Crippen molar-refractivity contribution in [3.05, 3.63) is 68.9 Å². The van der Waals surface area contributed by atoms with Crippen LogP contribution in [0.5, 0.6) is 0 Å². The van der Waals surface area contributed by atoms with Crippen molar-refractivity contribution < 1.29 is 14.5 Å². The van der Waals surface area contributed by atoms with E-state index in [4.69, 9.17) is 11.6 Å². The predicted molar refractivity (Wildman–Crippen MR) is 116 cm³/mol. The van der Waals surface area contributed by atoms with Crippen LogP contribution in [0.2, 0.25) is 5.02 Å². The molecule has 1 aliphatic heterocycles. The fourth-order valence-electron chi connectivity index (χ4n) is 3.58. The number of carbonyl (C=O) groups excluding carboxylic acids is 2. The van der Waals surface area contributed by atoms with Crippen molar-refractivity contribution in [3.8, 4) is 11.1 Å². The Kier molecular flexibility index (Phi) is 5.20. The van der Waals surface area contributed by atoms with Gasteiger partial charge in [-0.2, -0.15) is 5.10 Å². The van der Waals surface area contributed by atoms with Gasteiger partial charge in [0, 0.05) is 22.7 Å². The Morgan fingerprint density at radius 1 is 1.26 bits per heavy atom. The van der Waals surface area contributed by atoms with E-state index in [0.717, 1.165) is 11.1 Å². The summed E-state index contributed by atoms with van der Waals surface area (Å²) in [5.74, 6) is -0.268. The molecular formula is C21H18ClN5O4. The van der Waals surface area contributed by atoms with Gasteiger partial charge in [0.15, 0.2) is 0 Å². The highest BCUT2D eigenvalue weighted by Crippen LogP contribution is 2.38. The first-order valence-corrected chi connectivity index (χ1v) is 9.83. The molecule has 0 aliphatic carbocycles. The molecular weight excluding hydrogens is 422 g/mol. The minimum atomic E-state index is -0.825. The van der Waals surface area contributed by atoms with E-state index in [1.807, 2.05) is 19.1 Å². The van der Waals surface area contributed by atoms with Crippen molar-refractivity contribution in [3.63, 3.8) is 0 Å². The molecule has 1 atom stereocenters. The van der Waals surface area contributed by atoms with Crippen LogP contribution < -0.4 is 10.6 Å². The van der Waals surface area contributed by atoms with E-state index in [2.05, 4.69) is 15.7 Å². The number of hydrogen-bond acceptors (Lipinski definition) is 5. The zero-order valence-corrected chi connectivity index (χ0v) is 17.4. The molecule has 0 bridgehead atoms. The van der Waals surface area contributed by atoms with E-state index in [1.54, 1.807) is 25.1 Å². The van der Waals surface area contributed by atoms with E-state index in [-0.39, 0.29) is 18.0 Å². The summed E-state index contributed by atoms with van der Waals surface area (Å²) in [4.78, 5) is 35.7. The number of rotatable bonds is 5. The zero-order valence-electron chi connectivity index (χ0n) is 16.7. The molecule has 2 N–H and O–H groups in total. The van der Waals surface area contributed by atoms with Gasteiger partial charge in [0.25, 0.3) is 11.6 Å². The van der Waals surface area contributed by atoms with Gasteiger partial charge in [0.1, 0.15) is 11.9 Å². The van der Waals surface area contributed by atoms with Crippen molar-refractivity contribution in [2.75, 3.05) is 10.6 Å². The quantitative estimate of drug-likeness (QED) is 0.455. The monoisotopic (exact) mass is 439 g/mol. The van der Waals surface area contributed by atoms with Crippen LogP contribution in [0.4, 0.5) is 17.2 Å². The number of nitro groups is 1. The van der Waals surface area contributed by atoms with Crippen molar-refractivity contribution in [1.29, 1.82) is 0 Å². The number of hydrogen-bond donors (Lipinski definition) is 2. The molecule has 4 rings (SSSR count). The second-order valence-corrected chi connectivity index (χ2v) is 7.71. The number of benzene rings is 2. The average molecular weight is 440 g/mol. The minimum absolute atomic E-state index is 0.128. The van der Waals surface area contributed by atoms with Crippen molar-refractivity contribution in [2.45, 2.75) is 26.3 Å². The lowest BCUT2D eigenvalue weighted by Gasteiger charge is -2.11. The number of halogens is 1. The summed E-state index contributed by atoms with van der Waals surface area (Å²) in [5.41, 5.74) is 3.20. The van der Waals surface area contributed by atoms with Gasteiger partial charge in [-0.3, -0.25) is 19.7 Å². The average Bonchev–Trinajstić information content (AvgIpc) is 3.18. The maximum Gasteiger partial charge on any atom is 0.271 e. The third-order valence-electron chi connectivity index (χ3n) is 5.14. The van der Waals surface area contributed by atoms with Crippen LogP contribution in [0.25, 0.3) is 11.1 Å². The number of anilines is 2. The lowest BCUT2D eigenvalue weighted by Crippen LogP contribution is -2.24. The number of amides is 2. The maximum atomic E-state index is 12.6. The summed E-state index contributed by atoms with van der Waals surface area (Å²) < 4.78 is 1.52. The first-order chi connectivity index (χ1) is 14.7. The van der Waals surface area contributed by atoms with E-state index < -0.39 is 16.9 Å². The Balaban J connectivity index is 1.58. The molecule has 10 heteroatoms. The van der Waals surface area contributed by atoms with Crippen LogP contribution >= 0.6 is 11.6 Å². The van der Waals surface area contributed by atoms with Crippen molar-refractivity contribution in [2.24, 2.45) is 0 Å². The summed E-state index contributed by atoms with van der Waals surface area (Å²) in [6.45, 7) is 3.56. The smallest absolute Gasteiger partial charge is 0.271 e. The molecule has 2 amide bonds. The number of carbonyl (C=O) groups is 2. The lowest BCUT2D eigenvalue weighted by atomic mass is 10.1. The Labute approximate surface area is 182 Å². The topological polar surface area (TPSA) is 119 Å². The highest BCUT2D eigenvalue weighted by molar-refractivity contribution is 6.30. The molecule has 9 nitrogen and oxygen atoms in total. The van der Waals surface area contributed by atoms with E-state index in [9.17, 15) is 19.7 Å². The molecule has 2 aromatic carbocycles. The summed E-state index contributed by atoms with van der Waals surface area (Å²) in [6.07, 6.45) is -0.165. The number of nitrogens with one attached hydrogen (secondary N) is 2. The molecule has 0 radical (unpaired) electrons. The molecule has 0 fully saturated rings. The summed E-state index contributed by atoms with van der Waals surface area (Å²) in [5, 5.41) is 21.5. The van der Waals surface area contributed by atoms with Crippen molar-refractivity contribution >= 4 is 40.6 Å². The van der Waals surface area contributed by atoms with Gasteiger partial charge < -0.3 is 10.6 Å². The maximum absolute atomic E-state index is 12.6. The van der Waals surface area contributed by atoms with Crippen LogP contribution in [0.1, 0.15) is 23.7 Å². The molecule has 0 saturated carbocycles. The van der Waals surface area contributed by atoms with E-state index >= 15 is 0 Å². The van der Waals surface area contributed by atoms with Gasteiger partial charge in [-0.25, -0.2) is 4.68 Å². The Bertz CT molecular complexity index is 1220. The molecule has 1 aliphatic rings. The molecule has 1 aromatic heterocycles. The molecule has 31 heavy (non-hydrogen) atoms. The third-order valence-corrected chi connectivity index (χ3v) is 5.39. The number of non-ortho nitro benzene ring substituents is 1. The van der Waals surface area contributed by atoms with Gasteiger partial charge in [-0.05, 0) is 37.1 Å². The van der Waals surface area contributed by atoms with Gasteiger partial charge in [0.2, 0.25) is 5.91 Å². The molecule has 158 valence electrons. The highest BCUT2D eigenvalue weighted by Gasteiger charge is 2.36. The number of aryl methyl sites for hydroxylation is 2. The van der Waals surface area contributed by atoms with Crippen LogP contribution in [-0.2, 0) is 9.59 Å². The summed E-state index contributed by atoms with van der Waals surface area (Å²) in [7, 11) is 0. The molecule has 1 unspecified atom stereocenters. The molecule has 2 heterocycles. The number of fused-ring (bicyclic) bond motifs is 1. The van der Waals surface area contributed by atoms with Gasteiger partial charge >= 0.3 is 0 Å². The Morgan fingerprint density at radius 2 is 1.97 bits per heavy atom. The first kappa shape index (κ1) is 20.5. The SMILES string of the molecule is Cc1ccc([N+](=O)[O-])cc1NC(=O)CC1C(=O)Nc2c(-c3ccc(Cl)cc3)c(C)nn21. The first-order valence-electron chi connectivity index (χ1n) is 9.45. The summed E-state index contributed by atoms with van der Waals surface area (Å²) in [6, 6.07) is 10.6. The number of nitrogens with zero attached hydrogens (tertiary/aromatic N) is 3. The van der Waals surface area contributed by atoms with Crippen molar-refractivity contribution in [1.82, 2.24) is 9.78 Å². The number of aromatic nitrogens is 2. The molecule has 0 spiro atoms. The van der Waals surface area contributed by atoms with Gasteiger partial charge in [-0.1, -0.05) is 29.8 Å². The molecule has 3 aromatic rings. The second kappa shape index (κ2) is 7.84. The standard InChI is InChI=1S/C21H18ClN5O4/c1-11-3-8-15(27(30)31)9-16(11)23-18(28)10-17-21(29)24-20-19(12(2)25-26(17)20)13-4-6-14(22)7-5-13/h3-9,17H,10H2,1-2H3,(H,23,28)(H,24,29). The third kappa shape index (κ3) is 3.87. The fraction of sp³-hybridized carbons (Fsp3) is 0.190. The minimum Gasteiger partial charge on any atom is -0.326 e. The van der Waals surface area contributed by atoms with Crippen LogP contribution in [0.15, 0.2) is 42.5 Å².